The third-order valence-corrected chi connectivity index (χ3v) is 2.90. The molecule has 0 N–H and O–H groups in total. The zero-order chi connectivity index (χ0) is 12.3. The molecule has 2 rings (SSSR count). The van der Waals surface area contributed by atoms with Crippen LogP contribution in [0, 0.1) is 0 Å². The van der Waals surface area contributed by atoms with Crippen LogP contribution in [-0.4, -0.2) is 30.7 Å². The number of hydrogen-bond donors (Lipinski definition) is 0. The maximum absolute atomic E-state index is 11.7. The predicted molar refractivity (Wildman–Crippen MR) is 63.1 cm³/mol. The topological polar surface area (TPSA) is 38.8 Å². The van der Waals surface area contributed by atoms with Gasteiger partial charge in [0.1, 0.15) is 12.1 Å². The molecule has 92 valence electrons. The summed E-state index contributed by atoms with van der Waals surface area (Å²) < 4.78 is 5.02. The molecule has 17 heavy (non-hydrogen) atoms. The van der Waals surface area contributed by atoms with E-state index in [1.54, 1.807) is 12.1 Å². The summed E-state index contributed by atoms with van der Waals surface area (Å²) in [7, 11) is 1.77. The predicted octanol–water partition coefficient (Wildman–Crippen LogP) is 1.93. The van der Waals surface area contributed by atoms with Crippen molar-refractivity contribution in [2.24, 2.45) is 0 Å². The molecule has 0 bridgehead atoms. The van der Waals surface area contributed by atoms with Gasteiger partial charge in [0.25, 0.3) is 0 Å². The fourth-order valence-electron chi connectivity index (χ4n) is 2.02. The first-order valence-corrected chi connectivity index (χ1v) is 5.83. The van der Waals surface area contributed by atoms with E-state index in [0.29, 0.717) is 13.0 Å². The zero-order valence-corrected chi connectivity index (χ0v) is 10.1. The summed E-state index contributed by atoms with van der Waals surface area (Å²) in [6.45, 7) is 2.21. The average Bonchev–Trinajstić information content (AvgIpc) is 2.73. The van der Waals surface area contributed by atoms with E-state index in [9.17, 15) is 4.79 Å². The Morgan fingerprint density at radius 3 is 2.82 bits per heavy atom. The van der Waals surface area contributed by atoms with Crippen LogP contribution in [0.3, 0.4) is 0 Å². The summed E-state index contributed by atoms with van der Waals surface area (Å²) in [5.41, 5.74) is 1.09. The molecular formula is C13H17NO3. The van der Waals surface area contributed by atoms with Crippen LogP contribution in [0.15, 0.2) is 30.3 Å². The molecular weight excluding hydrogens is 218 g/mol. The first-order chi connectivity index (χ1) is 8.22. The minimum atomic E-state index is -0.305. The van der Waals surface area contributed by atoms with Gasteiger partial charge in [0, 0.05) is 13.5 Å². The van der Waals surface area contributed by atoms with E-state index in [1.165, 1.54) is 0 Å². The molecule has 0 aromatic heterocycles. The monoisotopic (exact) mass is 235 g/mol. The lowest BCUT2D eigenvalue weighted by atomic mass is 10.0. The minimum absolute atomic E-state index is 0.0596. The van der Waals surface area contributed by atoms with Gasteiger partial charge in [-0.1, -0.05) is 30.3 Å². The van der Waals surface area contributed by atoms with Gasteiger partial charge in [-0.15, -0.1) is 0 Å². The maximum Gasteiger partial charge on any atom is 0.325 e. The third-order valence-electron chi connectivity index (χ3n) is 2.90. The highest BCUT2D eigenvalue weighted by molar-refractivity contribution is 5.75. The number of hydroxylamine groups is 2. The second-order valence-electron chi connectivity index (χ2n) is 4.05. The quantitative estimate of drug-likeness (QED) is 0.750. The van der Waals surface area contributed by atoms with Gasteiger partial charge in [0.05, 0.1) is 6.61 Å². The van der Waals surface area contributed by atoms with Crippen LogP contribution in [-0.2, 0) is 14.4 Å². The van der Waals surface area contributed by atoms with Crippen LogP contribution in [0.4, 0.5) is 0 Å². The molecule has 1 heterocycles. The van der Waals surface area contributed by atoms with Gasteiger partial charge in [-0.25, -0.2) is 0 Å². The van der Waals surface area contributed by atoms with Gasteiger partial charge in [-0.2, -0.15) is 5.06 Å². The van der Waals surface area contributed by atoms with E-state index in [-0.39, 0.29) is 18.1 Å². The Bertz CT molecular complexity index is 380. The van der Waals surface area contributed by atoms with Crippen LogP contribution < -0.4 is 0 Å². The van der Waals surface area contributed by atoms with E-state index in [0.717, 1.165) is 5.56 Å². The average molecular weight is 235 g/mol. The molecule has 1 aromatic rings. The molecule has 4 heteroatoms. The van der Waals surface area contributed by atoms with Crippen molar-refractivity contribution in [2.45, 2.75) is 25.5 Å². The lowest BCUT2D eigenvalue weighted by molar-refractivity contribution is -0.172. The van der Waals surface area contributed by atoms with Gasteiger partial charge in [0.2, 0.25) is 0 Å². The number of likely N-dealkylation sites (N-methyl/N-ethyl adjacent to an activating group) is 1. The first-order valence-electron chi connectivity index (χ1n) is 5.83. The van der Waals surface area contributed by atoms with Crippen LogP contribution in [0.5, 0.6) is 0 Å². The Hall–Kier alpha value is -1.39. The molecule has 0 spiro atoms. The first kappa shape index (κ1) is 12.1. The Morgan fingerprint density at radius 2 is 2.18 bits per heavy atom. The largest absolute Gasteiger partial charge is 0.465 e. The summed E-state index contributed by atoms with van der Waals surface area (Å²) in [5.74, 6) is -0.214. The van der Waals surface area contributed by atoms with Crippen LogP contribution in [0.2, 0.25) is 0 Å². The molecule has 0 amide bonds. The number of ether oxygens (including phenoxy) is 1. The molecule has 2 atom stereocenters. The Kier molecular flexibility index (Phi) is 3.76. The summed E-state index contributed by atoms with van der Waals surface area (Å²) in [5, 5.41) is 1.59. The molecule has 1 aliphatic rings. The van der Waals surface area contributed by atoms with E-state index in [4.69, 9.17) is 9.57 Å². The number of rotatable bonds is 3. The van der Waals surface area contributed by atoms with Gasteiger partial charge in [0.15, 0.2) is 0 Å². The molecule has 1 aromatic carbocycles. The van der Waals surface area contributed by atoms with E-state index in [1.807, 2.05) is 37.3 Å². The Balaban J connectivity index is 2.04. The molecule has 0 unspecified atom stereocenters. The highest BCUT2D eigenvalue weighted by Crippen LogP contribution is 2.32. The second kappa shape index (κ2) is 5.29. The SMILES string of the molecule is CCOC(=O)[C@H]1C[C@H](c2ccccc2)ON1C. The molecule has 0 radical (unpaired) electrons. The van der Waals surface area contributed by atoms with Crippen molar-refractivity contribution in [1.29, 1.82) is 0 Å². The number of esters is 1. The molecule has 0 aliphatic carbocycles. The van der Waals surface area contributed by atoms with E-state index < -0.39 is 0 Å². The molecule has 1 aliphatic heterocycles. The normalized spacial score (nSPS) is 24.8. The standard InChI is InChI=1S/C13H17NO3/c1-3-16-13(15)11-9-12(17-14(11)2)10-7-5-4-6-8-10/h4-8,11-12H,3,9H2,1-2H3/t11-,12-/m1/s1. The van der Waals surface area contributed by atoms with Gasteiger partial charge in [-0.3, -0.25) is 9.63 Å². The summed E-state index contributed by atoms with van der Waals surface area (Å²) in [6, 6.07) is 9.61. The fraction of sp³-hybridized carbons (Fsp3) is 0.462. The number of nitrogens with zero attached hydrogens (tertiary/aromatic N) is 1. The number of benzene rings is 1. The maximum atomic E-state index is 11.7. The third kappa shape index (κ3) is 2.65. The highest BCUT2D eigenvalue weighted by Gasteiger charge is 2.37. The lowest BCUT2D eigenvalue weighted by Gasteiger charge is -2.15. The van der Waals surface area contributed by atoms with Crippen molar-refractivity contribution >= 4 is 5.97 Å². The van der Waals surface area contributed by atoms with Crippen molar-refractivity contribution in [2.75, 3.05) is 13.7 Å². The fourth-order valence-corrected chi connectivity index (χ4v) is 2.02. The minimum Gasteiger partial charge on any atom is -0.465 e. The lowest BCUT2D eigenvalue weighted by Crippen LogP contribution is -2.33. The summed E-state index contributed by atoms with van der Waals surface area (Å²) in [6.07, 6.45) is 0.579. The molecule has 4 nitrogen and oxygen atoms in total. The number of carbonyl (C=O) groups is 1. The van der Waals surface area contributed by atoms with Crippen LogP contribution in [0.25, 0.3) is 0 Å². The summed E-state index contributed by atoms with van der Waals surface area (Å²) in [4.78, 5) is 17.3. The Labute approximate surface area is 101 Å². The second-order valence-corrected chi connectivity index (χ2v) is 4.05. The Morgan fingerprint density at radius 1 is 1.47 bits per heavy atom. The van der Waals surface area contributed by atoms with E-state index >= 15 is 0 Å². The molecule has 1 saturated heterocycles. The van der Waals surface area contributed by atoms with E-state index in [2.05, 4.69) is 0 Å². The number of hydrogen-bond acceptors (Lipinski definition) is 4. The summed E-state index contributed by atoms with van der Waals surface area (Å²) >= 11 is 0. The van der Waals surface area contributed by atoms with Crippen molar-refractivity contribution in [3.05, 3.63) is 35.9 Å². The van der Waals surface area contributed by atoms with Crippen molar-refractivity contribution in [3.8, 4) is 0 Å². The smallest absolute Gasteiger partial charge is 0.325 e. The molecule has 0 saturated carbocycles. The van der Waals surface area contributed by atoms with Crippen LogP contribution >= 0.6 is 0 Å². The molecule has 1 fully saturated rings. The highest BCUT2D eigenvalue weighted by atomic mass is 16.7. The van der Waals surface area contributed by atoms with Crippen molar-refractivity contribution < 1.29 is 14.4 Å². The van der Waals surface area contributed by atoms with Gasteiger partial charge >= 0.3 is 5.97 Å². The number of carbonyl (C=O) groups excluding carboxylic acids is 1. The van der Waals surface area contributed by atoms with Gasteiger partial charge in [-0.05, 0) is 12.5 Å². The van der Waals surface area contributed by atoms with Crippen LogP contribution in [0.1, 0.15) is 25.0 Å². The van der Waals surface area contributed by atoms with Crippen molar-refractivity contribution in [3.63, 3.8) is 0 Å². The van der Waals surface area contributed by atoms with Gasteiger partial charge < -0.3 is 4.74 Å². The zero-order valence-electron chi connectivity index (χ0n) is 10.1. The van der Waals surface area contributed by atoms with Crippen molar-refractivity contribution in [1.82, 2.24) is 5.06 Å².